The highest BCUT2D eigenvalue weighted by atomic mass is 79.9. The Hall–Kier alpha value is -3.08. The number of anilines is 1. The molecule has 2 amide bonds. The van der Waals surface area contributed by atoms with Gasteiger partial charge in [0.15, 0.2) is 0 Å². The molecule has 3 aromatic carbocycles. The molecular weight excluding hydrogens is 618 g/mol. The zero-order chi connectivity index (χ0) is 29.4. The van der Waals surface area contributed by atoms with Crippen LogP contribution in [0.4, 0.5) is 5.69 Å². The van der Waals surface area contributed by atoms with Gasteiger partial charge in [0.05, 0.1) is 17.7 Å². The third-order valence-corrected chi connectivity index (χ3v) is 8.68. The van der Waals surface area contributed by atoms with Gasteiger partial charge in [0, 0.05) is 22.6 Å². The molecule has 0 aliphatic heterocycles. The maximum Gasteiger partial charge on any atom is 0.264 e. The van der Waals surface area contributed by atoms with Gasteiger partial charge in [-0.05, 0) is 60.9 Å². The molecular formula is C29H33BrClN3O5S. The number of methoxy groups -OCH3 is 1. The number of benzene rings is 3. The van der Waals surface area contributed by atoms with E-state index in [4.69, 9.17) is 16.3 Å². The Morgan fingerprint density at radius 2 is 1.65 bits per heavy atom. The van der Waals surface area contributed by atoms with Crippen molar-refractivity contribution in [1.82, 2.24) is 10.2 Å². The molecule has 3 rings (SSSR count). The molecule has 0 aliphatic carbocycles. The van der Waals surface area contributed by atoms with Gasteiger partial charge in [-0.1, -0.05) is 71.7 Å². The van der Waals surface area contributed by atoms with Crippen LogP contribution in [0.15, 0.2) is 82.2 Å². The van der Waals surface area contributed by atoms with E-state index in [2.05, 4.69) is 21.2 Å². The van der Waals surface area contributed by atoms with E-state index in [9.17, 15) is 18.0 Å². The Morgan fingerprint density at radius 3 is 2.25 bits per heavy atom. The van der Waals surface area contributed by atoms with Crippen molar-refractivity contribution in [1.29, 1.82) is 0 Å². The number of nitrogens with zero attached hydrogens (tertiary/aromatic N) is 2. The summed E-state index contributed by atoms with van der Waals surface area (Å²) < 4.78 is 35.1. The van der Waals surface area contributed by atoms with Gasteiger partial charge in [-0.2, -0.15) is 0 Å². The summed E-state index contributed by atoms with van der Waals surface area (Å²) in [5.74, 6) is -0.471. The molecule has 0 saturated heterocycles. The maximum atomic E-state index is 14.0. The molecule has 40 heavy (non-hydrogen) atoms. The molecule has 0 fully saturated rings. The number of rotatable bonds is 12. The number of sulfonamides is 1. The first-order valence-electron chi connectivity index (χ1n) is 12.7. The molecule has 0 spiro atoms. The second-order valence-corrected chi connectivity index (χ2v) is 12.8. The minimum Gasteiger partial charge on any atom is -0.495 e. The monoisotopic (exact) mass is 649 g/mol. The highest BCUT2D eigenvalue weighted by Crippen LogP contribution is 2.35. The fraction of sp³-hybridized carbons (Fsp3) is 0.310. The molecule has 11 heteroatoms. The molecule has 0 heterocycles. The van der Waals surface area contributed by atoms with Crippen LogP contribution < -0.4 is 14.4 Å². The van der Waals surface area contributed by atoms with Crippen LogP contribution in [0.2, 0.25) is 5.02 Å². The first kappa shape index (κ1) is 31.4. The summed E-state index contributed by atoms with van der Waals surface area (Å²) in [6.07, 6.45) is 0. The highest BCUT2D eigenvalue weighted by molar-refractivity contribution is 9.10. The Bertz CT molecular complexity index is 1420. The van der Waals surface area contributed by atoms with Crippen LogP contribution in [0.5, 0.6) is 5.75 Å². The van der Waals surface area contributed by atoms with Crippen LogP contribution in [-0.2, 0) is 26.2 Å². The van der Waals surface area contributed by atoms with Gasteiger partial charge in [-0.3, -0.25) is 13.9 Å². The SMILES string of the molecule is COc1ccc(Cl)cc1N(CC(=O)N(Cc1ccc(Br)cc1)[C@H](C)C(=O)NCC(C)C)S(=O)(=O)c1ccccc1. The van der Waals surface area contributed by atoms with Crippen molar-refractivity contribution in [2.75, 3.05) is 24.5 Å². The Labute approximate surface area is 249 Å². The first-order valence-corrected chi connectivity index (χ1v) is 15.3. The fourth-order valence-electron chi connectivity index (χ4n) is 3.91. The zero-order valence-electron chi connectivity index (χ0n) is 22.8. The molecule has 0 bridgehead atoms. The number of carbonyl (C=O) groups is 2. The number of ether oxygens (including phenoxy) is 1. The molecule has 1 atom stereocenters. The minimum absolute atomic E-state index is 0.00740. The van der Waals surface area contributed by atoms with Crippen molar-refractivity contribution in [3.63, 3.8) is 0 Å². The van der Waals surface area contributed by atoms with Gasteiger partial charge in [0.1, 0.15) is 18.3 Å². The van der Waals surface area contributed by atoms with E-state index in [-0.39, 0.29) is 39.7 Å². The van der Waals surface area contributed by atoms with Crippen molar-refractivity contribution in [2.45, 2.75) is 38.3 Å². The van der Waals surface area contributed by atoms with Crippen molar-refractivity contribution in [3.8, 4) is 5.75 Å². The van der Waals surface area contributed by atoms with Crippen LogP contribution >= 0.6 is 27.5 Å². The Kier molecular flexibility index (Phi) is 11.0. The number of hydrogen-bond acceptors (Lipinski definition) is 5. The summed E-state index contributed by atoms with van der Waals surface area (Å²) in [6, 6.07) is 18.8. The summed E-state index contributed by atoms with van der Waals surface area (Å²) in [4.78, 5) is 28.4. The number of amides is 2. The van der Waals surface area contributed by atoms with E-state index in [1.54, 1.807) is 31.2 Å². The summed E-state index contributed by atoms with van der Waals surface area (Å²) in [6.45, 7) is 5.52. The van der Waals surface area contributed by atoms with Crippen LogP contribution in [0.25, 0.3) is 0 Å². The summed E-state index contributed by atoms with van der Waals surface area (Å²) >= 11 is 9.66. The van der Waals surface area contributed by atoms with Gasteiger partial charge in [-0.25, -0.2) is 8.42 Å². The van der Waals surface area contributed by atoms with Crippen LogP contribution in [0.1, 0.15) is 26.3 Å². The standard InChI is InChI=1S/C29H33BrClN3O5S/c1-20(2)17-32-29(36)21(3)33(18-22-10-12-23(30)13-11-22)28(35)19-34(26-16-24(31)14-15-27(26)39-4)40(37,38)25-8-6-5-7-9-25/h5-16,20-21H,17-19H2,1-4H3,(H,32,36)/t21-/m1/s1. The van der Waals surface area contributed by atoms with Crippen molar-refractivity contribution < 1.29 is 22.7 Å². The predicted octanol–water partition coefficient (Wildman–Crippen LogP) is 5.50. The Balaban J connectivity index is 2.06. The van der Waals surface area contributed by atoms with Gasteiger partial charge in [0.25, 0.3) is 10.0 Å². The van der Waals surface area contributed by atoms with Gasteiger partial charge in [0.2, 0.25) is 11.8 Å². The smallest absolute Gasteiger partial charge is 0.264 e. The highest BCUT2D eigenvalue weighted by Gasteiger charge is 2.34. The lowest BCUT2D eigenvalue weighted by Gasteiger charge is -2.32. The largest absolute Gasteiger partial charge is 0.495 e. The van der Waals surface area contributed by atoms with E-state index in [0.29, 0.717) is 6.54 Å². The van der Waals surface area contributed by atoms with Crippen molar-refractivity contribution in [2.24, 2.45) is 5.92 Å². The molecule has 0 aliphatic rings. The van der Waals surface area contributed by atoms with E-state index < -0.39 is 28.5 Å². The zero-order valence-corrected chi connectivity index (χ0v) is 26.0. The third kappa shape index (κ3) is 7.99. The third-order valence-electron chi connectivity index (χ3n) is 6.14. The quantitative estimate of drug-likeness (QED) is 0.280. The first-order chi connectivity index (χ1) is 18.9. The average molecular weight is 651 g/mol. The van der Waals surface area contributed by atoms with Crippen molar-refractivity contribution >= 4 is 55.1 Å². The number of hydrogen-bond donors (Lipinski definition) is 1. The molecule has 3 aromatic rings. The molecule has 1 N–H and O–H groups in total. The normalized spacial score (nSPS) is 12.1. The Morgan fingerprint density at radius 1 is 1.00 bits per heavy atom. The van der Waals surface area contributed by atoms with Crippen molar-refractivity contribution in [3.05, 3.63) is 87.9 Å². The summed E-state index contributed by atoms with van der Waals surface area (Å²) in [5, 5.41) is 3.14. The van der Waals surface area contributed by atoms with Crippen LogP contribution in [0.3, 0.4) is 0 Å². The van der Waals surface area contributed by atoms with E-state index in [1.807, 2.05) is 38.1 Å². The minimum atomic E-state index is -4.24. The second-order valence-electron chi connectivity index (χ2n) is 9.60. The van der Waals surface area contributed by atoms with Gasteiger partial charge >= 0.3 is 0 Å². The number of carbonyl (C=O) groups excluding carboxylic acids is 2. The molecule has 0 saturated carbocycles. The average Bonchev–Trinajstić information content (AvgIpc) is 2.94. The summed E-state index contributed by atoms with van der Waals surface area (Å²) in [7, 11) is -2.83. The van der Waals surface area contributed by atoms with Crippen LogP contribution in [0, 0.1) is 5.92 Å². The maximum absolute atomic E-state index is 14.0. The molecule has 0 aromatic heterocycles. The topological polar surface area (TPSA) is 96.0 Å². The number of nitrogens with one attached hydrogen (secondary N) is 1. The van der Waals surface area contributed by atoms with Crippen LogP contribution in [-0.4, -0.2) is 51.4 Å². The molecule has 0 radical (unpaired) electrons. The van der Waals surface area contributed by atoms with Gasteiger partial charge < -0.3 is 15.0 Å². The van der Waals surface area contributed by atoms with Gasteiger partial charge in [-0.15, -0.1) is 0 Å². The predicted molar refractivity (Wildman–Crippen MR) is 161 cm³/mol. The lowest BCUT2D eigenvalue weighted by molar-refractivity contribution is -0.139. The summed E-state index contributed by atoms with van der Waals surface area (Å²) in [5.41, 5.74) is 0.880. The van der Waals surface area contributed by atoms with E-state index in [1.165, 1.54) is 36.3 Å². The number of halogens is 2. The molecule has 0 unspecified atom stereocenters. The lowest BCUT2D eigenvalue weighted by atomic mass is 10.1. The van der Waals surface area contributed by atoms with E-state index in [0.717, 1.165) is 14.3 Å². The fourth-order valence-corrected chi connectivity index (χ4v) is 5.78. The lowest BCUT2D eigenvalue weighted by Crippen LogP contribution is -2.51. The molecule has 214 valence electrons. The van der Waals surface area contributed by atoms with E-state index >= 15 is 0 Å². The second kappa shape index (κ2) is 14.0. The molecule has 8 nitrogen and oxygen atoms in total.